The number of ketones is 1. The van der Waals surface area contributed by atoms with Crippen LogP contribution in [0.15, 0.2) is 10.2 Å². The van der Waals surface area contributed by atoms with Crippen molar-refractivity contribution in [2.45, 2.75) is 57.9 Å². The third kappa shape index (κ3) is 5.70. The minimum atomic E-state index is -2.71. The van der Waals surface area contributed by atoms with E-state index in [0.717, 1.165) is 0 Å². The molecule has 0 unspecified atom stereocenters. The van der Waals surface area contributed by atoms with E-state index in [0.29, 0.717) is 0 Å². The average Bonchev–Trinajstić information content (AvgIpc) is 2.23. The Hall–Kier alpha value is -2.28. The van der Waals surface area contributed by atoms with Crippen molar-refractivity contribution in [3.8, 4) is 0 Å². The van der Waals surface area contributed by atoms with E-state index < -0.39 is 35.0 Å². The number of carbonyl (C=O) groups excluding carboxylic acids is 2. The fourth-order valence-corrected chi connectivity index (χ4v) is 1.32. The molecule has 0 aromatic rings. The lowest BCUT2D eigenvalue weighted by Crippen LogP contribution is -2.48. The average molecular weight is 298 g/mol. The maximum atomic E-state index is 12.2. The highest BCUT2D eigenvalue weighted by atomic mass is 16.6. The van der Waals surface area contributed by atoms with E-state index in [-0.39, 0.29) is 0 Å². The number of carbonyl (C=O) groups is 2. The summed E-state index contributed by atoms with van der Waals surface area (Å²) in [6.07, 6.45) is -0.565. The Bertz CT molecular complexity index is 470. The Morgan fingerprint density at radius 2 is 1.52 bits per heavy atom. The molecule has 0 aliphatic rings. The van der Waals surface area contributed by atoms with Crippen LogP contribution in [0.4, 0.5) is 0 Å². The van der Waals surface area contributed by atoms with Gasteiger partial charge in [0, 0.05) is 16.2 Å². The number of esters is 1. The lowest BCUT2D eigenvalue weighted by Gasteiger charge is -2.28. The van der Waals surface area contributed by atoms with Gasteiger partial charge >= 0.3 is 5.97 Å². The third-order valence-electron chi connectivity index (χ3n) is 2.04. The molecule has 10 nitrogen and oxygen atoms in total. The Balaban J connectivity index is 5.88. The molecule has 0 amide bonds. The van der Waals surface area contributed by atoms with Gasteiger partial charge in [0.25, 0.3) is 5.66 Å². The molecule has 0 aliphatic heterocycles. The molecular formula is C11H18N6O4. The monoisotopic (exact) mass is 298 g/mol. The summed E-state index contributed by atoms with van der Waals surface area (Å²) in [5.41, 5.74) is 12.0. The van der Waals surface area contributed by atoms with Gasteiger partial charge in [-0.15, -0.1) is 0 Å². The van der Waals surface area contributed by atoms with Gasteiger partial charge in [-0.05, 0) is 45.7 Å². The van der Waals surface area contributed by atoms with E-state index in [4.69, 9.17) is 15.8 Å². The summed E-state index contributed by atoms with van der Waals surface area (Å²) in [4.78, 5) is 29.1. The van der Waals surface area contributed by atoms with Crippen molar-refractivity contribution in [2.24, 2.45) is 10.2 Å². The molecule has 0 saturated heterocycles. The van der Waals surface area contributed by atoms with Crippen LogP contribution in [0, 0.1) is 0 Å². The number of hydrogen-bond acceptors (Lipinski definition) is 6. The van der Waals surface area contributed by atoms with Gasteiger partial charge in [-0.2, -0.15) is 0 Å². The molecule has 0 spiro atoms. The van der Waals surface area contributed by atoms with Crippen molar-refractivity contribution in [2.75, 3.05) is 0 Å². The lowest BCUT2D eigenvalue weighted by atomic mass is 9.94. The van der Waals surface area contributed by atoms with E-state index in [1.165, 1.54) is 34.6 Å². The summed E-state index contributed by atoms with van der Waals surface area (Å²) in [6, 6.07) is 0. The fraction of sp³-hybridized carbons (Fsp3) is 0.818. The van der Waals surface area contributed by atoms with Gasteiger partial charge in [-0.25, -0.2) is 0 Å². The van der Waals surface area contributed by atoms with E-state index in [1.54, 1.807) is 0 Å². The Morgan fingerprint density at radius 1 is 1.10 bits per heavy atom. The van der Waals surface area contributed by atoms with Crippen LogP contribution in [0.3, 0.4) is 0 Å². The SMILES string of the molecule is CC(C)(O)CC(=O)C(N=[N+]=[N-])(N=[N+]=[N-])C(=O)OC(C)(C)C. The molecule has 21 heavy (non-hydrogen) atoms. The molecule has 0 saturated carbocycles. The molecule has 0 aliphatic carbocycles. The first-order chi connectivity index (χ1) is 9.38. The maximum Gasteiger partial charge on any atom is 0.332 e. The second kappa shape index (κ2) is 6.45. The Labute approximate surface area is 121 Å². The normalized spacial score (nSPS) is 14.2. The van der Waals surface area contributed by atoms with Gasteiger partial charge in [-0.3, -0.25) is 9.59 Å². The first-order valence-corrected chi connectivity index (χ1v) is 5.99. The summed E-state index contributed by atoms with van der Waals surface area (Å²) in [5.74, 6) is -2.35. The largest absolute Gasteiger partial charge is 0.459 e. The smallest absolute Gasteiger partial charge is 0.332 e. The van der Waals surface area contributed by atoms with Crippen LogP contribution in [0.2, 0.25) is 0 Å². The second-order valence-corrected chi connectivity index (χ2v) is 5.97. The number of rotatable bonds is 6. The summed E-state index contributed by atoms with van der Waals surface area (Å²) in [6.45, 7) is 7.22. The van der Waals surface area contributed by atoms with Crippen LogP contribution in [0.5, 0.6) is 0 Å². The zero-order valence-corrected chi connectivity index (χ0v) is 12.6. The molecule has 0 rings (SSSR count). The molecule has 0 heterocycles. The van der Waals surface area contributed by atoms with Crippen LogP contribution >= 0.6 is 0 Å². The summed E-state index contributed by atoms with van der Waals surface area (Å²) < 4.78 is 4.97. The number of azide groups is 1. The van der Waals surface area contributed by atoms with Crippen molar-refractivity contribution in [1.82, 2.24) is 0 Å². The molecular weight excluding hydrogens is 280 g/mol. The molecule has 0 atom stereocenters. The molecule has 0 radical (unpaired) electrons. The number of aliphatic hydroxyl groups is 1. The van der Waals surface area contributed by atoms with Crippen molar-refractivity contribution < 1.29 is 19.4 Å². The van der Waals surface area contributed by atoms with Crippen LogP contribution in [-0.2, 0) is 14.3 Å². The fourth-order valence-electron chi connectivity index (χ4n) is 1.32. The zero-order chi connectivity index (χ0) is 16.9. The quantitative estimate of drug-likeness (QED) is 0.262. The van der Waals surface area contributed by atoms with E-state index in [9.17, 15) is 14.7 Å². The Morgan fingerprint density at radius 3 is 1.81 bits per heavy atom. The highest BCUT2D eigenvalue weighted by Crippen LogP contribution is 2.26. The van der Waals surface area contributed by atoms with Crippen LogP contribution in [0.1, 0.15) is 41.0 Å². The van der Waals surface area contributed by atoms with Crippen LogP contribution in [-0.4, -0.2) is 33.7 Å². The number of nitrogens with zero attached hydrogens (tertiary/aromatic N) is 6. The van der Waals surface area contributed by atoms with Gasteiger partial charge in [0.05, 0.1) is 5.60 Å². The first kappa shape index (κ1) is 18.7. The summed E-state index contributed by atoms with van der Waals surface area (Å²) in [5, 5.41) is 15.7. The van der Waals surface area contributed by atoms with Gasteiger partial charge in [0.1, 0.15) is 5.60 Å². The highest BCUT2D eigenvalue weighted by Gasteiger charge is 2.48. The van der Waals surface area contributed by atoms with Gasteiger partial charge in [0.2, 0.25) is 0 Å². The zero-order valence-electron chi connectivity index (χ0n) is 12.6. The molecule has 10 heteroatoms. The number of ether oxygens (including phenoxy) is 1. The van der Waals surface area contributed by atoms with E-state index in [1.807, 2.05) is 0 Å². The highest BCUT2D eigenvalue weighted by molar-refractivity contribution is 6.08. The standard InChI is InChI=1S/C11H18N6O4/c1-9(2,3)21-8(19)11(14-16-12,15-17-13)7(18)6-10(4,5)20/h20H,6H2,1-5H3. The van der Waals surface area contributed by atoms with E-state index in [2.05, 4.69) is 20.1 Å². The van der Waals surface area contributed by atoms with Gasteiger partial charge < -0.3 is 9.84 Å². The molecule has 116 valence electrons. The van der Waals surface area contributed by atoms with E-state index >= 15 is 0 Å². The second-order valence-electron chi connectivity index (χ2n) is 5.97. The lowest BCUT2D eigenvalue weighted by molar-refractivity contribution is -0.164. The third-order valence-corrected chi connectivity index (χ3v) is 2.04. The Kier molecular flexibility index (Phi) is 5.75. The summed E-state index contributed by atoms with van der Waals surface area (Å²) in [7, 11) is 0. The van der Waals surface area contributed by atoms with Gasteiger partial charge in [-0.1, -0.05) is 10.2 Å². The molecule has 0 aromatic heterocycles. The number of Topliss-reactive ketones (excluding diaryl/α,β-unsaturated/α-hetero) is 1. The van der Waals surface area contributed by atoms with Crippen molar-refractivity contribution in [3.63, 3.8) is 0 Å². The molecule has 0 fully saturated rings. The minimum absolute atomic E-state index is 0.565. The van der Waals surface area contributed by atoms with Crippen LogP contribution in [0.25, 0.3) is 20.9 Å². The topological polar surface area (TPSA) is 161 Å². The van der Waals surface area contributed by atoms with Crippen LogP contribution < -0.4 is 0 Å². The molecule has 0 aromatic carbocycles. The molecule has 0 bridgehead atoms. The van der Waals surface area contributed by atoms with Gasteiger partial charge in [0.15, 0.2) is 5.78 Å². The first-order valence-electron chi connectivity index (χ1n) is 5.99. The minimum Gasteiger partial charge on any atom is -0.459 e. The predicted molar refractivity (Wildman–Crippen MR) is 72.8 cm³/mol. The summed E-state index contributed by atoms with van der Waals surface area (Å²) >= 11 is 0. The maximum absolute atomic E-state index is 12.2. The van der Waals surface area contributed by atoms with Crippen molar-refractivity contribution >= 4 is 11.8 Å². The number of hydrogen-bond donors (Lipinski definition) is 1. The van der Waals surface area contributed by atoms with Crippen molar-refractivity contribution in [1.29, 1.82) is 0 Å². The molecule has 1 N–H and O–H groups in total. The van der Waals surface area contributed by atoms with Crippen molar-refractivity contribution in [3.05, 3.63) is 20.9 Å². The predicted octanol–water partition coefficient (Wildman–Crippen LogP) is 2.38.